The van der Waals surface area contributed by atoms with Crippen molar-refractivity contribution < 1.29 is 5.11 Å². The highest BCUT2D eigenvalue weighted by molar-refractivity contribution is 9.10. The van der Waals surface area contributed by atoms with Crippen LogP contribution in [0.25, 0.3) is 0 Å². The van der Waals surface area contributed by atoms with Crippen LogP contribution in [0.1, 0.15) is 18.5 Å². The van der Waals surface area contributed by atoms with E-state index in [1.807, 2.05) is 26.2 Å². The van der Waals surface area contributed by atoms with Gasteiger partial charge in [0.15, 0.2) is 0 Å². The number of rotatable bonds is 2. The first-order valence-corrected chi connectivity index (χ1v) is 4.96. The van der Waals surface area contributed by atoms with Crippen LogP contribution in [0.4, 0.5) is 0 Å². The molecule has 0 heterocycles. The lowest BCUT2D eigenvalue weighted by molar-refractivity contribution is 0.311. The Bertz CT molecular complexity index is 299. The van der Waals surface area contributed by atoms with E-state index >= 15 is 0 Å². The van der Waals surface area contributed by atoms with E-state index in [-0.39, 0.29) is 6.04 Å². The molecule has 0 amide bonds. The highest BCUT2D eigenvalue weighted by atomic mass is 79.9. The molecule has 0 bridgehead atoms. The Balaban J connectivity index is 3.05. The van der Waals surface area contributed by atoms with E-state index in [1.165, 1.54) is 0 Å². The summed E-state index contributed by atoms with van der Waals surface area (Å²) in [6, 6.07) is 5.71. The smallest absolute Gasteiger partial charge is 0.120 e. The van der Waals surface area contributed by atoms with Crippen LogP contribution in [0.15, 0.2) is 22.7 Å². The average molecular weight is 244 g/mol. The summed E-state index contributed by atoms with van der Waals surface area (Å²) in [6.07, 6.45) is 0. The van der Waals surface area contributed by atoms with Gasteiger partial charge < -0.3 is 10.0 Å². The number of halogens is 1. The van der Waals surface area contributed by atoms with Crippen LogP contribution >= 0.6 is 15.9 Å². The topological polar surface area (TPSA) is 23.5 Å². The fourth-order valence-electron chi connectivity index (χ4n) is 1.14. The van der Waals surface area contributed by atoms with Gasteiger partial charge in [-0.05, 0) is 39.2 Å². The molecule has 0 fully saturated rings. The van der Waals surface area contributed by atoms with Crippen molar-refractivity contribution in [1.82, 2.24) is 4.90 Å². The summed E-state index contributed by atoms with van der Waals surface area (Å²) in [5, 5.41) is 9.61. The predicted octanol–water partition coefficient (Wildman–Crippen LogP) is 2.78. The number of hydrogen-bond donors (Lipinski definition) is 1. The molecule has 0 aromatic heterocycles. The van der Waals surface area contributed by atoms with E-state index in [1.54, 1.807) is 6.07 Å². The van der Waals surface area contributed by atoms with Crippen LogP contribution in [0, 0.1) is 0 Å². The molecule has 3 heteroatoms. The number of benzene rings is 1. The van der Waals surface area contributed by atoms with Gasteiger partial charge in [-0.3, -0.25) is 0 Å². The Hall–Kier alpha value is -0.540. The van der Waals surface area contributed by atoms with Crippen LogP contribution in [0.2, 0.25) is 0 Å². The second-order valence-corrected chi connectivity index (χ2v) is 4.26. The highest BCUT2D eigenvalue weighted by Gasteiger charge is 2.12. The summed E-state index contributed by atoms with van der Waals surface area (Å²) in [7, 11) is 3.98. The number of phenolic OH excluding ortho intramolecular Hbond substituents is 1. The molecule has 0 radical (unpaired) electrons. The molecular weight excluding hydrogens is 230 g/mol. The summed E-state index contributed by atoms with van der Waals surface area (Å²) in [4.78, 5) is 2.06. The number of aromatic hydroxyl groups is 1. The normalized spacial score (nSPS) is 13.3. The Labute approximate surface area is 87.3 Å². The Morgan fingerprint density at radius 2 is 2.00 bits per heavy atom. The monoisotopic (exact) mass is 243 g/mol. The lowest BCUT2D eigenvalue weighted by Crippen LogP contribution is -2.16. The lowest BCUT2D eigenvalue weighted by atomic mass is 10.1. The van der Waals surface area contributed by atoms with Gasteiger partial charge in [0.2, 0.25) is 0 Å². The van der Waals surface area contributed by atoms with Gasteiger partial charge in [-0.1, -0.05) is 15.9 Å². The standard InChI is InChI=1S/C10H14BrNO/c1-7(12(2)3)9-6-8(11)4-5-10(9)13/h4-7,13H,1-3H3. The molecular formula is C10H14BrNO. The summed E-state index contributed by atoms with van der Waals surface area (Å²) < 4.78 is 0.994. The number of phenols is 1. The first-order valence-electron chi connectivity index (χ1n) is 4.17. The van der Waals surface area contributed by atoms with Crippen LogP contribution in [-0.2, 0) is 0 Å². The third kappa shape index (κ3) is 2.45. The van der Waals surface area contributed by atoms with E-state index in [9.17, 15) is 5.11 Å². The third-order valence-electron chi connectivity index (χ3n) is 2.21. The minimum Gasteiger partial charge on any atom is -0.508 e. The molecule has 0 aliphatic carbocycles. The second kappa shape index (κ2) is 4.11. The molecule has 2 nitrogen and oxygen atoms in total. The van der Waals surface area contributed by atoms with Crippen LogP contribution in [-0.4, -0.2) is 24.1 Å². The lowest BCUT2D eigenvalue weighted by Gasteiger charge is -2.21. The van der Waals surface area contributed by atoms with Gasteiger partial charge in [-0.15, -0.1) is 0 Å². The second-order valence-electron chi connectivity index (χ2n) is 3.34. The Morgan fingerprint density at radius 3 is 2.54 bits per heavy atom. The van der Waals surface area contributed by atoms with Crippen molar-refractivity contribution in [1.29, 1.82) is 0 Å². The fraction of sp³-hybridized carbons (Fsp3) is 0.400. The van der Waals surface area contributed by atoms with Crippen molar-refractivity contribution in [3.8, 4) is 5.75 Å². The maximum absolute atomic E-state index is 9.61. The first kappa shape index (κ1) is 10.5. The van der Waals surface area contributed by atoms with E-state index in [4.69, 9.17) is 0 Å². The summed E-state index contributed by atoms with van der Waals surface area (Å²) >= 11 is 3.38. The molecule has 0 saturated heterocycles. The largest absolute Gasteiger partial charge is 0.508 e. The van der Waals surface area contributed by atoms with Crippen molar-refractivity contribution in [2.75, 3.05) is 14.1 Å². The molecule has 1 aromatic rings. The van der Waals surface area contributed by atoms with Crippen molar-refractivity contribution >= 4 is 15.9 Å². The molecule has 0 aliphatic rings. The third-order valence-corrected chi connectivity index (χ3v) is 2.71. The fourth-order valence-corrected chi connectivity index (χ4v) is 1.52. The van der Waals surface area contributed by atoms with Crippen LogP contribution in [0.3, 0.4) is 0 Å². The van der Waals surface area contributed by atoms with Crippen LogP contribution in [0.5, 0.6) is 5.75 Å². The molecule has 1 N–H and O–H groups in total. The molecule has 0 saturated carbocycles. The van der Waals surface area contributed by atoms with Gasteiger partial charge in [0.25, 0.3) is 0 Å². The maximum Gasteiger partial charge on any atom is 0.120 e. The predicted molar refractivity (Wildman–Crippen MR) is 57.9 cm³/mol. The molecule has 0 aliphatic heterocycles. The van der Waals surface area contributed by atoms with E-state index in [2.05, 4.69) is 27.8 Å². The molecule has 0 spiro atoms. The molecule has 13 heavy (non-hydrogen) atoms. The van der Waals surface area contributed by atoms with E-state index < -0.39 is 0 Å². The van der Waals surface area contributed by atoms with Crippen molar-refractivity contribution in [3.63, 3.8) is 0 Å². The average Bonchev–Trinajstić information content (AvgIpc) is 2.08. The SMILES string of the molecule is CC(c1cc(Br)ccc1O)N(C)C. The van der Waals surface area contributed by atoms with Gasteiger partial charge in [-0.25, -0.2) is 0 Å². The minimum atomic E-state index is 0.220. The molecule has 72 valence electrons. The van der Waals surface area contributed by atoms with Crippen molar-refractivity contribution in [2.24, 2.45) is 0 Å². The van der Waals surface area contributed by atoms with Crippen molar-refractivity contribution in [3.05, 3.63) is 28.2 Å². The zero-order valence-corrected chi connectivity index (χ0v) is 9.67. The van der Waals surface area contributed by atoms with Gasteiger partial charge in [0.1, 0.15) is 5.75 Å². The minimum absolute atomic E-state index is 0.220. The van der Waals surface area contributed by atoms with E-state index in [0.29, 0.717) is 5.75 Å². The Morgan fingerprint density at radius 1 is 1.38 bits per heavy atom. The van der Waals surface area contributed by atoms with Gasteiger partial charge >= 0.3 is 0 Å². The highest BCUT2D eigenvalue weighted by Crippen LogP contribution is 2.29. The van der Waals surface area contributed by atoms with Gasteiger partial charge in [0.05, 0.1) is 0 Å². The van der Waals surface area contributed by atoms with Crippen molar-refractivity contribution in [2.45, 2.75) is 13.0 Å². The summed E-state index contributed by atoms with van der Waals surface area (Å²) in [5.41, 5.74) is 0.944. The number of nitrogens with zero attached hydrogens (tertiary/aromatic N) is 1. The summed E-state index contributed by atoms with van der Waals surface area (Å²) in [5.74, 6) is 0.351. The quantitative estimate of drug-likeness (QED) is 0.864. The molecule has 1 unspecified atom stereocenters. The molecule has 1 aromatic carbocycles. The maximum atomic E-state index is 9.61. The first-order chi connectivity index (χ1) is 6.02. The zero-order valence-electron chi connectivity index (χ0n) is 8.08. The Kier molecular flexibility index (Phi) is 3.33. The molecule has 1 rings (SSSR count). The molecule has 1 atom stereocenters. The number of hydrogen-bond acceptors (Lipinski definition) is 2. The summed E-state index contributed by atoms with van der Waals surface area (Å²) in [6.45, 7) is 2.06. The van der Waals surface area contributed by atoms with Gasteiger partial charge in [0, 0.05) is 16.1 Å². The van der Waals surface area contributed by atoms with E-state index in [0.717, 1.165) is 10.0 Å². The zero-order chi connectivity index (χ0) is 10.0. The van der Waals surface area contributed by atoms with Gasteiger partial charge in [-0.2, -0.15) is 0 Å². The van der Waals surface area contributed by atoms with Crippen LogP contribution < -0.4 is 0 Å².